The Morgan fingerprint density at radius 3 is 1.78 bits per heavy atom. The Labute approximate surface area is 78.9 Å². The molecule has 1 fully saturated rings. The SMILES string of the molecule is [CH3][Ti+2][CH]1CCCC1.[Cl-].[Cl-]. The number of rotatable bonds is 1. The molecule has 3 heteroatoms. The summed E-state index contributed by atoms with van der Waals surface area (Å²) in [5, 5.41) is 2.43. The molecule has 54 valence electrons. The summed E-state index contributed by atoms with van der Waals surface area (Å²) in [7, 11) is 0. The van der Waals surface area contributed by atoms with E-state index in [2.05, 4.69) is 5.23 Å². The van der Waals surface area contributed by atoms with Gasteiger partial charge in [-0.2, -0.15) is 0 Å². The molecule has 9 heavy (non-hydrogen) atoms. The van der Waals surface area contributed by atoms with Gasteiger partial charge in [0.25, 0.3) is 0 Å². The maximum atomic E-state index is 2.43. The molecule has 0 aromatic rings. The molecule has 0 spiro atoms. The van der Waals surface area contributed by atoms with Gasteiger partial charge in [0.1, 0.15) is 0 Å². The Morgan fingerprint density at radius 1 is 1.11 bits per heavy atom. The number of hydrogen-bond donors (Lipinski definition) is 0. The van der Waals surface area contributed by atoms with Gasteiger partial charge in [-0.25, -0.2) is 0 Å². The van der Waals surface area contributed by atoms with Gasteiger partial charge < -0.3 is 24.8 Å². The van der Waals surface area contributed by atoms with E-state index in [-0.39, 0.29) is 24.8 Å². The summed E-state index contributed by atoms with van der Waals surface area (Å²) in [5.74, 6) is 0. The molecule has 0 unspecified atom stereocenters. The third kappa shape index (κ3) is 4.67. The Bertz CT molecular complexity index is 53.0. The molecule has 1 saturated carbocycles. The van der Waals surface area contributed by atoms with Gasteiger partial charge in [0.2, 0.25) is 0 Å². The second-order valence-corrected chi connectivity index (χ2v) is 4.45. The van der Waals surface area contributed by atoms with Crippen molar-refractivity contribution in [1.82, 2.24) is 0 Å². The van der Waals surface area contributed by atoms with Gasteiger partial charge >= 0.3 is 54.3 Å². The Kier molecular flexibility index (Phi) is 10.6. The molecule has 0 aliphatic heterocycles. The van der Waals surface area contributed by atoms with Gasteiger partial charge in [0.05, 0.1) is 0 Å². The van der Waals surface area contributed by atoms with Gasteiger partial charge in [-0.15, -0.1) is 0 Å². The summed E-state index contributed by atoms with van der Waals surface area (Å²) < 4.78 is 1.22. The van der Waals surface area contributed by atoms with Crippen LogP contribution >= 0.6 is 0 Å². The summed E-state index contributed by atoms with van der Waals surface area (Å²) in [6.07, 6.45) is 6.19. The first-order chi connectivity index (χ1) is 3.43. The van der Waals surface area contributed by atoms with Crippen LogP contribution in [-0.2, 0) is 19.2 Å². The fourth-order valence-electron chi connectivity index (χ4n) is 1.21. The van der Waals surface area contributed by atoms with E-state index in [1.54, 1.807) is 12.8 Å². The maximum Gasteiger partial charge on any atom is -1.00 e. The maximum absolute atomic E-state index is 2.43. The van der Waals surface area contributed by atoms with Crippen molar-refractivity contribution in [1.29, 1.82) is 0 Å². The minimum Gasteiger partial charge on any atom is -1.00 e. The molecule has 0 amide bonds. The zero-order chi connectivity index (χ0) is 5.11. The second-order valence-electron chi connectivity index (χ2n) is 2.27. The van der Waals surface area contributed by atoms with Crippen LogP contribution in [0.25, 0.3) is 0 Å². The van der Waals surface area contributed by atoms with E-state index in [0.717, 1.165) is 0 Å². The summed E-state index contributed by atoms with van der Waals surface area (Å²) in [6, 6.07) is 0. The predicted molar refractivity (Wildman–Crippen MR) is 28.1 cm³/mol. The van der Waals surface area contributed by atoms with Crippen molar-refractivity contribution in [3.05, 3.63) is 0 Å². The molecule has 0 aromatic carbocycles. The molecular weight excluding hydrogens is 191 g/mol. The summed E-state index contributed by atoms with van der Waals surface area (Å²) in [6.45, 7) is 0. The van der Waals surface area contributed by atoms with Crippen LogP contribution in [0.3, 0.4) is 0 Å². The van der Waals surface area contributed by atoms with Crippen molar-refractivity contribution in [2.75, 3.05) is 0 Å². The summed E-state index contributed by atoms with van der Waals surface area (Å²) in [4.78, 5) is 0. The minimum atomic E-state index is 0. The predicted octanol–water partition coefficient (Wildman–Crippen LogP) is -3.51. The van der Waals surface area contributed by atoms with Crippen LogP contribution in [0.5, 0.6) is 0 Å². The van der Waals surface area contributed by atoms with Gasteiger partial charge in [0, 0.05) is 0 Å². The smallest absolute Gasteiger partial charge is 1.00 e. The molecule has 1 aliphatic rings. The van der Waals surface area contributed by atoms with Crippen molar-refractivity contribution >= 4 is 0 Å². The standard InChI is InChI=1S/C5H9.CH3.2ClH.Ti/c1-2-4-5-3-1;;;;/h1H,2-5H2;1H3;2*1H;/q;;;;+2/p-2. The van der Waals surface area contributed by atoms with E-state index < -0.39 is 0 Å². The molecule has 0 atom stereocenters. The monoisotopic (exact) mass is 202 g/mol. The first-order valence-corrected chi connectivity index (χ1v) is 5.57. The average molecular weight is 203 g/mol. The molecule has 1 aliphatic carbocycles. The van der Waals surface area contributed by atoms with E-state index in [1.165, 1.54) is 17.1 Å². The average Bonchev–Trinajstić information content (AvgIpc) is 2.14. The molecular formula is C6H12Cl2Ti. The fraction of sp³-hybridized carbons (Fsp3) is 1.00. The van der Waals surface area contributed by atoms with Crippen molar-refractivity contribution in [2.24, 2.45) is 0 Å². The first kappa shape index (κ1) is 12.9. The zero-order valence-corrected chi connectivity index (χ0v) is 8.74. The summed E-state index contributed by atoms with van der Waals surface area (Å²) in [5.41, 5.74) is 0. The van der Waals surface area contributed by atoms with Gasteiger partial charge in [-0.1, -0.05) is 0 Å². The van der Waals surface area contributed by atoms with E-state index in [0.29, 0.717) is 19.2 Å². The molecule has 0 nitrogen and oxygen atoms in total. The molecule has 1 rings (SSSR count). The molecule has 0 radical (unpaired) electrons. The Morgan fingerprint density at radius 2 is 1.56 bits per heavy atom. The second kappa shape index (κ2) is 7.40. The molecule has 0 heterocycles. The van der Waals surface area contributed by atoms with E-state index in [4.69, 9.17) is 0 Å². The van der Waals surface area contributed by atoms with Crippen LogP contribution in [0.1, 0.15) is 25.7 Å². The van der Waals surface area contributed by atoms with Crippen LogP contribution in [0.15, 0.2) is 0 Å². The van der Waals surface area contributed by atoms with Gasteiger partial charge in [-0.3, -0.25) is 0 Å². The van der Waals surface area contributed by atoms with Crippen molar-refractivity contribution in [3.63, 3.8) is 0 Å². The van der Waals surface area contributed by atoms with Crippen LogP contribution < -0.4 is 24.8 Å². The van der Waals surface area contributed by atoms with E-state index >= 15 is 0 Å². The van der Waals surface area contributed by atoms with Crippen LogP contribution in [0, 0.1) is 0 Å². The molecule has 0 aromatic heterocycles. The molecule has 0 N–H and O–H groups in total. The third-order valence-corrected chi connectivity index (χ3v) is 3.94. The van der Waals surface area contributed by atoms with Gasteiger partial charge in [-0.05, 0) is 0 Å². The Balaban J connectivity index is 0. The van der Waals surface area contributed by atoms with Crippen LogP contribution in [-0.4, -0.2) is 0 Å². The van der Waals surface area contributed by atoms with Gasteiger partial charge in [0.15, 0.2) is 0 Å². The van der Waals surface area contributed by atoms with Crippen molar-refractivity contribution in [2.45, 2.75) is 35.1 Å². The minimum absolute atomic E-state index is 0. The third-order valence-electron chi connectivity index (χ3n) is 1.76. The largest absolute Gasteiger partial charge is 1.00 e. The zero-order valence-electron chi connectivity index (χ0n) is 5.66. The topological polar surface area (TPSA) is 0 Å². The normalized spacial score (nSPS) is 17.4. The quantitative estimate of drug-likeness (QED) is 0.388. The molecule has 0 saturated heterocycles. The Hall–Kier alpha value is 1.29. The summed E-state index contributed by atoms with van der Waals surface area (Å²) >= 11 is 0.493. The number of hydrogen-bond acceptors (Lipinski definition) is 0. The van der Waals surface area contributed by atoms with Crippen molar-refractivity contribution < 1.29 is 44.0 Å². The van der Waals surface area contributed by atoms with E-state index in [9.17, 15) is 0 Å². The number of halogens is 2. The van der Waals surface area contributed by atoms with Crippen LogP contribution in [0.2, 0.25) is 9.45 Å². The van der Waals surface area contributed by atoms with E-state index in [1.807, 2.05) is 0 Å². The van der Waals surface area contributed by atoms with Crippen LogP contribution in [0.4, 0.5) is 0 Å². The molecule has 0 bridgehead atoms. The fourth-order valence-corrected chi connectivity index (χ4v) is 2.75. The van der Waals surface area contributed by atoms with Crippen molar-refractivity contribution in [3.8, 4) is 0 Å². The first-order valence-electron chi connectivity index (χ1n) is 3.11.